The van der Waals surface area contributed by atoms with Crippen LogP contribution in [0.5, 0.6) is 0 Å². The molecule has 0 aliphatic rings. The molecule has 0 bridgehead atoms. The summed E-state index contributed by atoms with van der Waals surface area (Å²) in [6, 6.07) is 0. The molecule has 0 radical (unpaired) electrons. The third-order valence-corrected chi connectivity index (χ3v) is 15.3. The van der Waals surface area contributed by atoms with Crippen LogP contribution in [0, 0.1) is 5.92 Å². The van der Waals surface area contributed by atoms with Gasteiger partial charge in [0.2, 0.25) is 0 Å². The summed E-state index contributed by atoms with van der Waals surface area (Å²) >= 11 is 0. The minimum absolute atomic E-state index is 0.177. The minimum atomic E-state index is -1.40. The number of nitrogens with zero attached hydrogens (tertiary/aromatic N) is 1. The second-order valence-corrected chi connectivity index (χ2v) is 25.2. The summed E-state index contributed by atoms with van der Waals surface area (Å²) in [5.74, 6) is 4.00. The van der Waals surface area contributed by atoms with Crippen molar-refractivity contribution >= 4 is 30.1 Å². The van der Waals surface area contributed by atoms with Gasteiger partial charge in [0.25, 0.3) is 0 Å². The van der Waals surface area contributed by atoms with Crippen molar-refractivity contribution in [2.45, 2.75) is 77.6 Å². The van der Waals surface area contributed by atoms with Crippen LogP contribution in [-0.2, 0) is 0 Å². The van der Waals surface area contributed by atoms with E-state index in [9.17, 15) is 0 Å². The Bertz CT molecular complexity index is 344. The highest BCUT2D eigenvalue weighted by Gasteiger charge is 2.54. The smallest absolute Gasteiger partial charge is 0.0802 e. The van der Waals surface area contributed by atoms with Crippen molar-refractivity contribution < 1.29 is 0 Å². The summed E-state index contributed by atoms with van der Waals surface area (Å²) in [5, 5.41) is 0. The van der Waals surface area contributed by atoms with E-state index >= 15 is 0 Å². The Morgan fingerprint density at radius 2 is 1.21 bits per heavy atom. The molecule has 0 spiro atoms. The molecule has 19 heavy (non-hydrogen) atoms. The fraction of sp³-hybridized carbons (Fsp3) is 0.867. The van der Waals surface area contributed by atoms with Gasteiger partial charge >= 0.3 is 0 Å². The summed E-state index contributed by atoms with van der Waals surface area (Å²) < 4.78 is 0. The van der Waals surface area contributed by atoms with Crippen LogP contribution < -0.4 is 0 Å². The first kappa shape index (κ1) is 19.1. The second-order valence-electron chi connectivity index (χ2n) is 9.17. The Labute approximate surface area is 124 Å². The molecule has 0 rings (SSSR count). The van der Waals surface area contributed by atoms with Crippen LogP contribution in [0.2, 0.25) is 58.9 Å². The molecular weight excluding hydrogens is 278 g/mol. The zero-order chi connectivity index (χ0) is 15.7. The van der Waals surface area contributed by atoms with Crippen LogP contribution in [0.1, 0.15) is 13.8 Å². The quantitative estimate of drug-likeness (QED) is 0.486. The molecule has 4 heteroatoms. The first-order valence-corrected chi connectivity index (χ1v) is 18.0. The van der Waals surface area contributed by atoms with Crippen LogP contribution in [0.4, 0.5) is 0 Å². The lowest BCUT2D eigenvalue weighted by Gasteiger charge is -2.51. The first-order chi connectivity index (χ1) is 8.15. The third-order valence-electron chi connectivity index (χ3n) is 3.86. The van der Waals surface area contributed by atoms with E-state index in [0.29, 0.717) is 5.92 Å². The van der Waals surface area contributed by atoms with Crippen LogP contribution in [0.15, 0.2) is 10.7 Å². The molecular formula is C15H35NSi3. The van der Waals surface area contributed by atoms with Gasteiger partial charge in [-0.3, -0.25) is 0 Å². The van der Waals surface area contributed by atoms with E-state index in [0.717, 1.165) is 0 Å². The normalized spacial score (nSPS) is 14.3. The number of aliphatic imine (C=N–C) groups is 1. The van der Waals surface area contributed by atoms with E-state index in [1.54, 1.807) is 0 Å². The predicted octanol–water partition coefficient (Wildman–Crippen LogP) is 5.24. The predicted molar refractivity (Wildman–Crippen MR) is 99.6 cm³/mol. The molecule has 0 N–H and O–H groups in total. The third kappa shape index (κ3) is 4.55. The van der Waals surface area contributed by atoms with Crippen LogP contribution >= 0.6 is 0 Å². The number of rotatable bonds is 5. The van der Waals surface area contributed by atoms with E-state index in [1.165, 1.54) is 0 Å². The lowest BCUT2D eigenvalue weighted by Crippen LogP contribution is -2.68. The lowest BCUT2D eigenvalue weighted by atomic mass is 10.2. The highest BCUT2D eigenvalue weighted by Crippen LogP contribution is 2.40. The van der Waals surface area contributed by atoms with Crippen LogP contribution in [-0.4, -0.2) is 34.9 Å². The fourth-order valence-corrected chi connectivity index (χ4v) is 17.4. The zero-order valence-corrected chi connectivity index (χ0v) is 18.1. The molecule has 0 heterocycles. The Hall–Kier alpha value is 0.101. The highest BCUT2D eigenvalue weighted by molar-refractivity contribution is 6.99. The molecule has 0 aromatic heterocycles. The van der Waals surface area contributed by atoms with Crippen molar-refractivity contribution in [1.82, 2.24) is 0 Å². The molecule has 0 unspecified atom stereocenters. The maximum absolute atomic E-state index is 5.14. The molecule has 0 aliphatic heterocycles. The van der Waals surface area contributed by atoms with Gasteiger partial charge in [-0.25, -0.2) is 4.99 Å². The number of hydrogen-bond acceptors (Lipinski definition) is 1. The molecule has 0 amide bonds. The Balaban J connectivity index is 6.00. The molecule has 1 nitrogen and oxygen atoms in total. The van der Waals surface area contributed by atoms with E-state index in [-0.39, 0.29) is 4.79 Å². The maximum atomic E-state index is 5.14. The molecule has 0 saturated carbocycles. The molecule has 0 fully saturated rings. The molecule has 0 aromatic carbocycles. The van der Waals surface area contributed by atoms with E-state index in [4.69, 9.17) is 4.99 Å². The lowest BCUT2D eigenvalue weighted by molar-refractivity contribution is 0.530. The average molecular weight is 314 g/mol. The molecule has 0 saturated heterocycles. The van der Waals surface area contributed by atoms with Crippen molar-refractivity contribution in [3.8, 4) is 0 Å². The molecule has 0 atom stereocenters. The van der Waals surface area contributed by atoms with Crippen molar-refractivity contribution in [1.29, 1.82) is 0 Å². The minimum Gasteiger partial charge on any atom is -0.244 e. The van der Waals surface area contributed by atoms with Crippen molar-refractivity contribution in [3.05, 3.63) is 5.70 Å². The summed E-state index contributed by atoms with van der Waals surface area (Å²) in [6.07, 6.45) is 0. The summed E-state index contributed by atoms with van der Waals surface area (Å²) in [5.41, 5.74) is 2.27. The monoisotopic (exact) mass is 313 g/mol. The Morgan fingerprint density at radius 1 is 0.842 bits per heavy atom. The Morgan fingerprint density at radius 3 is 1.42 bits per heavy atom. The van der Waals surface area contributed by atoms with Crippen LogP contribution in [0.25, 0.3) is 0 Å². The van der Waals surface area contributed by atoms with Gasteiger partial charge in [-0.2, -0.15) is 0 Å². The average Bonchev–Trinajstić information content (AvgIpc) is 2.04. The summed E-state index contributed by atoms with van der Waals surface area (Å²) in [4.78, 5) is 5.31. The first-order valence-electron chi connectivity index (χ1n) is 7.47. The van der Waals surface area contributed by atoms with Gasteiger partial charge in [0.15, 0.2) is 0 Å². The van der Waals surface area contributed by atoms with Crippen molar-refractivity contribution in [2.75, 3.05) is 0 Å². The van der Waals surface area contributed by atoms with Crippen molar-refractivity contribution in [2.24, 2.45) is 10.9 Å². The molecule has 112 valence electrons. The standard InChI is InChI=1S/C15H35NSi3/c1-14(2)15(18(6,7)8,19(9,10)11)16-12-13-17(3,4)5/h13-14H,1-11H3. The highest BCUT2D eigenvalue weighted by atomic mass is 28.4. The number of hydrogen-bond donors (Lipinski definition) is 0. The molecule has 0 aliphatic carbocycles. The largest absolute Gasteiger partial charge is 0.244 e. The topological polar surface area (TPSA) is 12.4 Å². The van der Waals surface area contributed by atoms with Crippen LogP contribution in [0.3, 0.4) is 0 Å². The zero-order valence-electron chi connectivity index (χ0n) is 15.1. The van der Waals surface area contributed by atoms with E-state index in [2.05, 4.69) is 84.3 Å². The molecule has 0 aromatic rings. The van der Waals surface area contributed by atoms with Gasteiger partial charge in [-0.15, -0.1) is 0 Å². The van der Waals surface area contributed by atoms with Gasteiger partial charge in [0.1, 0.15) is 0 Å². The van der Waals surface area contributed by atoms with Crippen molar-refractivity contribution in [3.63, 3.8) is 0 Å². The van der Waals surface area contributed by atoms with Gasteiger partial charge in [-0.05, 0) is 17.5 Å². The van der Waals surface area contributed by atoms with E-state index < -0.39 is 24.2 Å². The fourth-order valence-electron chi connectivity index (χ4n) is 3.65. The summed E-state index contributed by atoms with van der Waals surface area (Å²) in [6.45, 7) is 26.6. The van der Waals surface area contributed by atoms with Gasteiger partial charge in [-0.1, -0.05) is 72.8 Å². The SMILES string of the molecule is CC(C)C(N=C=C[Si](C)(C)C)([Si](C)(C)C)[Si](C)(C)C. The Kier molecular flexibility index (Phi) is 5.87. The van der Waals surface area contributed by atoms with Gasteiger partial charge in [0, 0.05) is 0 Å². The summed E-state index contributed by atoms with van der Waals surface area (Å²) in [7, 11) is -4.02. The van der Waals surface area contributed by atoms with E-state index in [1.807, 2.05) is 0 Å². The second kappa shape index (κ2) is 5.84. The maximum Gasteiger partial charge on any atom is 0.0802 e. The van der Waals surface area contributed by atoms with Gasteiger partial charge < -0.3 is 0 Å². The van der Waals surface area contributed by atoms with Gasteiger partial charge in [0.05, 0.1) is 29.0 Å².